The molecule has 9 heteroatoms. The Bertz CT molecular complexity index is 465. The lowest BCUT2D eigenvalue weighted by molar-refractivity contribution is -0.386. The van der Waals surface area contributed by atoms with E-state index in [1.807, 2.05) is 0 Å². The fraction of sp³-hybridized carbons (Fsp3) is 0.333. The van der Waals surface area contributed by atoms with Crippen LogP contribution in [0, 0.1) is 17.0 Å². The number of alkyl halides is 3. The number of nitro benzene ring substituents is 1. The number of halogens is 4. The van der Waals surface area contributed by atoms with E-state index in [0.717, 1.165) is 12.1 Å². The van der Waals surface area contributed by atoms with Crippen molar-refractivity contribution in [1.29, 1.82) is 0 Å². The number of aryl methyl sites for hydroxylation is 1. The monoisotopic (exact) mass is 286 g/mol. The van der Waals surface area contributed by atoms with Crippen LogP contribution in [0.15, 0.2) is 12.1 Å². The summed E-state index contributed by atoms with van der Waals surface area (Å²) in [5.74, 6) is -1.04. The van der Waals surface area contributed by atoms with Crippen LogP contribution in [0.1, 0.15) is 17.2 Å². The van der Waals surface area contributed by atoms with Crippen LogP contribution < -0.4 is 5.73 Å². The van der Waals surface area contributed by atoms with Crippen molar-refractivity contribution in [3.63, 3.8) is 0 Å². The maximum absolute atomic E-state index is 12.3. The van der Waals surface area contributed by atoms with Gasteiger partial charge in [0.25, 0.3) is 0 Å². The molecule has 0 radical (unpaired) electrons. The summed E-state index contributed by atoms with van der Waals surface area (Å²) in [5, 5.41) is 20.0. The molecule has 0 aromatic heterocycles. The molecular formula is C9H10ClF3N2O3. The third-order valence-corrected chi connectivity index (χ3v) is 2.25. The number of hydrogen-bond donors (Lipinski definition) is 2. The summed E-state index contributed by atoms with van der Waals surface area (Å²) in [6.45, 7) is 1.31. The number of nitro groups is 1. The van der Waals surface area contributed by atoms with Gasteiger partial charge in [-0.05, 0) is 6.92 Å². The second-order valence-corrected chi connectivity index (χ2v) is 3.45. The van der Waals surface area contributed by atoms with Gasteiger partial charge in [-0.2, -0.15) is 13.2 Å². The van der Waals surface area contributed by atoms with Crippen molar-refractivity contribution in [2.75, 3.05) is 0 Å². The van der Waals surface area contributed by atoms with Gasteiger partial charge in [-0.1, -0.05) is 12.1 Å². The highest BCUT2D eigenvalue weighted by molar-refractivity contribution is 5.85. The fourth-order valence-electron chi connectivity index (χ4n) is 1.35. The average molecular weight is 287 g/mol. The summed E-state index contributed by atoms with van der Waals surface area (Å²) in [4.78, 5) is 9.64. The number of rotatable bonds is 2. The molecule has 0 bridgehead atoms. The summed E-state index contributed by atoms with van der Waals surface area (Å²) < 4.78 is 37.0. The van der Waals surface area contributed by atoms with E-state index < -0.39 is 34.1 Å². The maximum atomic E-state index is 12.3. The number of nitrogens with zero attached hydrogens (tertiary/aromatic N) is 1. The normalized spacial score (nSPS) is 12.7. The Morgan fingerprint density at radius 1 is 1.44 bits per heavy atom. The average Bonchev–Trinajstić information content (AvgIpc) is 2.15. The molecule has 0 fully saturated rings. The Morgan fingerprint density at radius 2 is 1.94 bits per heavy atom. The minimum Gasteiger partial charge on any atom is -0.502 e. The molecule has 1 atom stereocenters. The van der Waals surface area contributed by atoms with E-state index in [9.17, 15) is 28.4 Å². The van der Waals surface area contributed by atoms with Crippen molar-refractivity contribution in [3.05, 3.63) is 33.4 Å². The van der Waals surface area contributed by atoms with E-state index >= 15 is 0 Å². The van der Waals surface area contributed by atoms with Crippen LogP contribution in [0.4, 0.5) is 18.9 Å². The van der Waals surface area contributed by atoms with Crippen LogP contribution in [0.5, 0.6) is 5.75 Å². The van der Waals surface area contributed by atoms with Gasteiger partial charge in [0.2, 0.25) is 0 Å². The molecule has 1 aromatic carbocycles. The molecular weight excluding hydrogens is 277 g/mol. The highest BCUT2D eigenvalue weighted by atomic mass is 35.5. The second kappa shape index (κ2) is 5.40. The molecule has 1 aromatic rings. The van der Waals surface area contributed by atoms with Gasteiger partial charge >= 0.3 is 11.9 Å². The van der Waals surface area contributed by atoms with Crippen molar-refractivity contribution in [2.45, 2.75) is 19.1 Å². The Hall–Kier alpha value is -1.54. The van der Waals surface area contributed by atoms with Gasteiger partial charge in [0, 0.05) is 11.1 Å². The molecule has 0 amide bonds. The molecule has 0 spiro atoms. The molecule has 0 aliphatic heterocycles. The van der Waals surface area contributed by atoms with E-state index in [2.05, 4.69) is 0 Å². The molecule has 0 saturated heterocycles. The van der Waals surface area contributed by atoms with E-state index in [-0.39, 0.29) is 18.0 Å². The molecule has 1 rings (SSSR count). The second-order valence-electron chi connectivity index (χ2n) is 3.45. The van der Waals surface area contributed by atoms with Gasteiger partial charge in [0.1, 0.15) is 6.04 Å². The molecule has 5 nitrogen and oxygen atoms in total. The predicted octanol–water partition coefficient (Wildman–Crippen LogP) is 2.59. The third kappa shape index (κ3) is 3.02. The van der Waals surface area contributed by atoms with Crippen molar-refractivity contribution in [1.82, 2.24) is 0 Å². The van der Waals surface area contributed by atoms with E-state index in [1.54, 1.807) is 0 Å². The predicted molar refractivity (Wildman–Crippen MR) is 59.7 cm³/mol. The first-order chi connectivity index (χ1) is 7.66. The number of phenols is 1. The molecule has 102 valence electrons. The zero-order valence-corrected chi connectivity index (χ0v) is 9.88. The summed E-state index contributed by atoms with van der Waals surface area (Å²) >= 11 is 0. The number of nitrogens with two attached hydrogens (primary N) is 1. The fourth-order valence-corrected chi connectivity index (χ4v) is 1.35. The highest BCUT2D eigenvalue weighted by Crippen LogP contribution is 2.40. The first-order valence-electron chi connectivity index (χ1n) is 4.45. The van der Waals surface area contributed by atoms with Gasteiger partial charge in [0.15, 0.2) is 5.75 Å². The van der Waals surface area contributed by atoms with Crippen molar-refractivity contribution >= 4 is 18.1 Å². The number of phenolic OH excluding ortho intramolecular Hbond substituents is 1. The van der Waals surface area contributed by atoms with Crippen LogP contribution in [0.25, 0.3) is 0 Å². The lowest BCUT2D eigenvalue weighted by Crippen LogP contribution is -2.28. The molecule has 0 heterocycles. The molecule has 0 aliphatic carbocycles. The largest absolute Gasteiger partial charge is 0.502 e. The first-order valence-corrected chi connectivity index (χ1v) is 4.45. The quantitative estimate of drug-likeness (QED) is 0.646. The number of aromatic hydroxyl groups is 1. The zero-order valence-electron chi connectivity index (χ0n) is 9.06. The van der Waals surface area contributed by atoms with Gasteiger partial charge in [-0.15, -0.1) is 12.4 Å². The van der Waals surface area contributed by atoms with E-state index in [4.69, 9.17) is 5.73 Å². The molecule has 0 saturated carbocycles. The van der Waals surface area contributed by atoms with Crippen LogP contribution in [-0.4, -0.2) is 16.2 Å². The van der Waals surface area contributed by atoms with Crippen LogP contribution in [0.3, 0.4) is 0 Å². The Labute approximate surface area is 106 Å². The Kier molecular flexibility index (Phi) is 4.94. The SMILES string of the molecule is Cc1ccc([C@H](N)C(F)(F)F)c(O)c1[N+](=O)[O-].Cl. The lowest BCUT2D eigenvalue weighted by atomic mass is 10.0. The van der Waals surface area contributed by atoms with Gasteiger partial charge in [-0.3, -0.25) is 10.1 Å². The molecule has 0 aliphatic rings. The van der Waals surface area contributed by atoms with E-state index in [1.165, 1.54) is 6.92 Å². The summed E-state index contributed by atoms with van der Waals surface area (Å²) in [6, 6.07) is -0.420. The lowest BCUT2D eigenvalue weighted by Gasteiger charge is -2.17. The maximum Gasteiger partial charge on any atom is 0.407 e. The van der Waals surface area contributed by atoms with Gasteiger partial charge < -0.3 is 10.8 Å². The first kappa shape index (κ1) is 16.5. The third-order valence-electron chi connectivity index (χ3n) is 2.25. The minimum atomic E-state index is -4.78. The minimum absolute atomic E-state index is 0. The molecule has 0 unspecified atom stereocenters. The topological polar surface area (TPSA) is 89.4 Å². The van der Waals surface area contributed by atoms with E-state index in [0.29, 0.717) is 0 Å². The summed E-state index contributed by atoms with van der Waals surface area (Å²) in [5.41, 5.74) is 3.47. The number of hydrogen-bond acceptors (Lipinski definition) is 4. The van der Waals surface area contributed by atoms with Gasteiger partial charge in [0.05, 0.1) is 4.92 Å². The highest BCUT2D eigenvalue weighted by Gasteiger charge is 2.40. The smallest absolute Gasteiger partial charge is 0.407 e. The van der Waals surface area contributed by atoms with Crippen molar-refractivity contribution < 1.29 is 23.2 Å². The van der Waals surface area contributed by atoms with Gasteiger partial charge in [-0.25, -0.2) is 0 Å². The van der Waals surface area contributed by atoms with Crippen molar-refractivity contribution in [2.24, 2.45) is 5.73 Å². The molecule has 18 heavy (non-hydrogen) atoms. The summed E-state index contributed by atoms with van der Waals surface area (Å²) in [7, 11) is 0. The van der Waals surface area contributed by atoms with Crippen LogP contribution in [-0.2, 0) is 0 Å². The van der Waals surface area contributed by atoms with Crippen molar-refractivity contribution in [3.8, 4) is 5.75 Å². The zero-order chi connectivity index (χ0) is 13.4. The molecule has 3 N–H and O–H groups in total. The number of benzene rings is 1. The van der Waals surface area contributed by atoms with Crippen LogP contribution >= 0.6 is 12.4 Å². The Morgan fingerprint density at radius 3 is 2.33 bits per heavy atom. The standard InChI is InChI=1S/C9H9F3N2O3.ClH/c1-4-2-3-5(8(13)9(10,11)12)7(15)6(4)14(16)17;/h2-3,8,15H,13H2,1H3;1H/t8-;/m0./s1. The van der Waals surface area contributed by atoms with Crippen LogP contribution in [0.2, 0.25) is 0 Å². The Balaban J connectivity index is 0.00000289. The summed E-state index contributed by atoms with van der Waals surface area (Å²) in [6.07, 6.45) is -4.78.